The first-order valence-electron chi connectivity index (χ1n) is 4.50. The van der Waals surface area contributed by atoms with Gasteiger partial charge in [0.25, 0.3) is 0 Å². The first-order chi connectivity index (χ1) is 6.42. The second-order valence-electron chi connectivity index (χ2n) is 3.01. The number of anilines is 1. The maximum Gasteiger partial charge on any atom is 0.0778 e. The molecule has 70 valence electrons. The summed E-state index contributed by atoms with van der Waals surface area (Å²) in [7, 11) is 0. The highest BCUT2D eigenvalue weighted by Crippen LogP contribution is 2.30. The molecule has 2 rings (SSSR count). The summed E-state index contributed by atoms with van der Waals surface area (Å²) in [5.41, 5.74) is 1.31. The van der Waals surface area contributed by atoms with Crippen LogP contribution in [0.4, 0.5) is 5.69 Å². The average molecular weight is 195 g/mol. The molecule has 0 aromatic carbocycles. The molecule has 0 fully saturated rings. The summed E-state index contributed by atoms with van der Waals surface area (Å²) in [6.07, 6.45) is 4.94. The molecule has 2 heterocycles. The summed E-state index contributed by atoms with van der Waals surface area (Å²) < 4.78 is 3.28. The Labute approximate surface area is 82.7 Å². The second kappa shape index (κ2) is 3.98. The normalized spacial score (nSPS) is 15.6. The fourth-order valence-corrected chi connectivity index (χ4v) is 2.25. The zero-order valence-electron chi connectivity index (χ0n) is 7.66. The van der Waals surface area contributed by atoms with Gasteiger partial charge in [-0.3, -0.25) is 4.98 Å². The van der Waals surface area contributed by atoms with Crippen LogP contribution in [0.3, 0.4) is 0 Å². The van der Waals surface area contributed by atoms with Gasteiger partial charge in [-0.2, -0.15) is 0 Å². The number of fused-ring (bicyclic) bond motifs is 1. The molecule has 0 saturated carbocycles. The summed E-state index contributed by atoms with van der Waals surface area (Å²) >= 11 is 1.66. The SMILES string of the molecule is CCCN1CNSc2cnccc21. The van der Waals surface area contributed by atoms with Gasteiger partial charge in [-0.25, -0.2) is 4.72 Å². The lowest BCUT2D eigenvalue weighted by atomic mass is 10.3. The van der Waals surface area contributed by atoms with Gasteiger partial charge in [0.2, 0.25) is 0 Å². The van der Waals surface area contributed by atoms with E-state index in [0.29, 0.717) is 0 Å². The van der Waals surface area contributed by atoms with E-state index in [1.54, 1.807) is 11.9 Å². The zero-order valence-corrected chi connectivity index (χ0v) is 8.47. The molecular weight excluding hydrogens is 182 g/mol. The van der Waals surface area contributed by atoms with Crippen LogP contribution in [-0.4, -0.2) is 18.2 Å². The Morgan fingerprint density at radius 3 is 3.46 bits per heavy atom. The Morgan fingerprint density at radius 1 is 1.69 bits per heavy atom. The molecule has 1 N–H and O–H groups in total. The van der Waals surface area contributed by atoms with Crippen LogP contribution in [0.25, 0.3) is 0 Å². The van der Waals surface area contributed by atoms with E-state index in [1.807, 2.05) is 12.4 Å². The van der Waals surface area contributed by atoms with Crippen molar-refractivity contribution in [1.82, 2.24) is 9.71 Å². The van der Waals surface area contributed by atoms with E-state index in [2.05, 4.69) is 27.6 Å². The minimum Gasteiger partial charge on any atom is -0.357 e. The van der Waals surface area contributed by atoms with Crippen molar-refractivity contribution in [3.8, 4) is 0 Å². The van der Waals surface area contributed by atoms with Gasteiger partial charge in [0.1, 0.15) is 0 Å². The van der Waals surface area contributed by atoms with Crippen molar-refractivity contribution in [2.24, 2.45) is 0 Å². The van der Waals surface area contributed by atoms with E-state index in [4.69, 9.17) is 0 Å². The lowest BCUT2D eigenvalue weighted by molar-refractivity contribution is 0.735. The summed E-state index contributed by atoms with van der Waals surface area (Å²) in [6.45, 7) is 4.22. The topological polar surface area (TPSA) is 28.2 Å². The molecule has 0 unspecified atom stereocenters. The predicted octanol–water partition coefficient (Wildman–Crippen LogP) is 1.87. The smallest absolute Gasteiger partial charge is 0.0778 e. The Balaban J connectivity index is 2.26. The van der Waals surface area contributed by atoms with Crippen molar-refractivity contribution in [3.63, 3.8) is 0 Å². The Bertz CT molecular complexity index is 290. The summed E-state index contributed by atoms with van der Waals surface area (Å²) in [5, 5.41) is 0. The first kappa shape index (κ1) is 8.84. The molecule has 0 aliphatic carbocycles. The van der Waals surface area contributed by atoms with Crippen molar-refractivity contribution in [2.75, 3.05) is 18.1 Å². The van der Waals surface area contributed by atoms with Crippen LogP contribution in [0.2, 0.25) is 0 Å². The number of rotatable bonds is 2. The molecule has 4 heteroatoms. The van der Waals surface area contributed by atoms with Crippen molar-refractivity contribution < 1.29 is 0 Å². The van der Waals surface area contributed by atoms with E-state index >= 15 is 0 Å². The molecule has 1 aliphatic heterocycles. The van der Waals surface area contributed by atoms with Gasteiger partial charge in [-0.05, 0) is 24.4 Å². The predicted molar refractivity (Wildman–Crippen MR) is 55.7 cm³/mol. The van der Waals surface area contributed by atoms with E-state index in [1.165, 1.54) is 17.0 Å². The number of hydrogen-bond donors (Lipinski definition) is 1. The summed E-state index contributed by atoms with van der Waals surface area (Å²) in [4.78, 5) is 7.67. The standard InChI is InChI=1S/C9H13N3S/c1-2-5-12-7-11-13-9-6-10-4-3-8(9)12/h3-4,6,11H,2,5,7H2,1H3. The van der Waals surface area contributed by atoms with Crippen LogP contribution in [-0.2, 0) is 0 Å². The zero-order chi connectivity index (χ0) is 9.10. The molecule has 3 nitrogen and oxygen atoms in total. The molecule has 1 aromatic heterocycles. The highest BCUT2D eigenvalue weighted by molar-refractivity contribution is 7.97. The summed E-state index contributed by atoms with van der Waals surface area (Å²) in [5.74, 6) is 0. The number of nitrogens with zero attached hydrogens (tertiary/aromatic N) is 2. The number of nitrogens with one attached hydrogen (secondary N) is 1. The summed E-state index contributed by atoms with van der Waals surface area (Å²) in [6, 6.07) is 2.08. The lowest BCUT2D eigenvalue weighted by Gasteiger charge is -2.30. The number of hydrogen-bond acceptors (Lipinski definition) is 4. The lowest BCUT2D eigenvalue weighted by Crippen LogP contribution is -2.35. The van der Waals surface area contributed by atoms with E-state index in [9.17, 15) is 0 Å². The van der Waals surface area contributed by atoms with Crippen LogP contribution >= 0.6 is 11.9 Å². The molecule has 0 bridgehead atoms. The van der Waals surface area contributed by atoms with Gasteiger partial charge in [0, 0.05) is 18.9 Å². The molecule has 0 saturated heterocycles. The molecule has 0 spiro atoms. The fraction of sp³-hybridized carbons (Fsp3) is 0.444. The molecule has 0 atom stereocenters. The Morgan fingerprint density at radius 2 is 2.62 bits per heavy atom. The van der Waals surface area contributed by atoms with Crippen molar-refractivity contribution >= 4 is 17.6 Å². The van der Waals surface area contributed by atoms with E-state index in [0.717, 1.165) is 13.2 Å². The van der Waals surface area contributed by atoms with Crippen LogP contribution in [0.15, 0.2) is 23.4 Å². The monoisotopic (exact) mass is 195 g/mol. The minimum absolute atomic E-state index is 0.926. The second-order valence-corrected chi connectivity index (χ2v) is 3.94. The third kappa shape index (κ3) is 1.78. The molecule has 0 amide bonds. The van der Waals surface area contributed by atoms with Crippen molar-refractivity contribution in [1.29, 1.82) is 0 Å². The third-order valence-electron chi connectivity index (χ3n) is 2.03. The third-order valence-corrected chi connectivity index (χ3v) is 2.84. The Hall–Kier alpha value is -0.740. The van der Waals surface area contributed by atoms with Gasteiger partial charge in [-0.15, -0.1) is 0 Å². The molecule has 0 radical (unpaired) electrons. The molecule has 1 aliphatic rings. The fourth-order valence-electron chi connectivity index (χ4n) is 1.46. The van der Waals surface area contributed by atoms with Gasteiger partial charge in [0.15, 0.2) is 0 Å². The van der Waals surface area contributed by atoms with Crippen LogP contribution in [0, 0.1) is 0 Å². The highest BCUT2D eigenvalue weighted by atomic mass is 32.2. The van der Waals surface area contributed by atoms with Gasteiger partial charge >= 0.3 is 0 Å². The molecule has 1 aromatic rings. The Kier molecular flexibility index (Phi) is 2.71. The van der Waals surface area contributed by atoms with Crippen molar-refractivity contribution in [3.05, 3.63) is 18.5 Å². The first-order valence-corrected chi connectivity index (χ1v) is 5.32. The minimum atomic E-state index is 0.926. The van der Waals surface area contributed by atoms with Gasteiger partial charge in [0.05, 0.1) is 17.3 Å². The maximum atomic E-state index is 4.11. The van der Waals surface area contributed by atoms with Crippen LogP contribution in [0.5, 0.6) is 0 Å². The highest BCUT2D eigenvalue weighted by Gasteiger charge is 2.15. The number of pyridine rings is 1. The number of aromatic nitrogens is 1. The van der Waals surface area contributed by atoms with Crippen molar-refractivity contribution in [2.45, 2.75) is 18.2 Å². The molecule has 13 heavy (non-hydrogen) atoms. The molecular formula is C9H13N3S. The largest absolute Gasteiger partial charge is 0.357 e. The van der Waals surface area contributed by atoms with E-state index < -0.39 is 0 Å². The average Bonchev–Trinajstić information content (AvgIpc) is 2.19. The van der Waals surface area contributed by atoms with Gasteiger partial charge in [-0.1, -0.05) is 6.92 Å². The van der Waals surface area contributed by atoms with Crippen LogP contribution < -0.4 is 9.62 Å². The quantitative estimate of drug-likeness (QED) is 0.729. The maximum absolute atomic E-state index is 4.11. The van der Waals surface area contributed by atoms with Gasteiger partial charge < -0.3 is 4.90 Å². The van der Waals surface area contributed by atoms with Crippen LogP contribution in [0.1, 0.15) is 13.3 Å². The van der Waals surface area contributed by atoms with E-state index in [-0.39, 0.29) is 0 Å².